The molecule has 20 heavy (non-hydrogen) atoms. The first kappa shape index (κ1) is 15.3. The third-order valence-electron chi connectivity index (χ3n) is 3.28. The predicted molar refractivity (Wildman–Crippen MR) is 85.1 cm³/mol. The Labute approximate surface area is 134 Å². The first-order valence-electron chi connectivity index (χ1n) is 6.06. The van der Waals surface area contributed by atoms with Gasteiger partial charge in [-0.05, 0) is 25.0 Å². The van der Waals surface area contributed by atoms with Gasteiger partial charge in [-0.25, -0.2) is 0 Å². The minimum atomic E-state index is -0.552. The van der Waals surface area contributed by atoms with Gasteiger partial charge in [0.15, 0.2) is 0 Å². The molecule has 0 heterocycles. The van der Waals surface area contributed by atoms with Gasteiger partial charge >= 0.3 is 0 Å². The highest BCUT2D eigenvalue weighted by atomic mass is 79.9. The zero-order valence-corrected chi connectivity index (χ0v) is 14.0. The van der Waals surface area contributed by atoms with Gasteiger partial charge in [0.05, 0.1) is 8.65 Å². The lowest BCUT2D eigenvalue weighted by molar-refractivity contribution is -0.130. The number of amides is 2. The summed E-state index contributed by atoms with van der Waals surface area (Å²) in [5.74, 6) is -0.603. The van der Waals surface area contributed by atoms with Crippen molar-refractivity contribution in [3.63, 3.8) is 0 Å². The standard InChI is InChI=1S/C14H14Br2N2O2/c1-13(9-14(13,15)16)12(20)18-17-11(19)8-7-10-5-3-2-4-6-10/h2-8H,9H2,1H3,(H,17,19)(H,18,20)/b8-7+/t13-/m1/s1. The van der Waals surface area contributed by atoms with Crippen LogP contribution in [0, 0.1) is 5.41 Å². The van der Waals surface area contributed by atoms with Gasteiger partial charge in [0.2, 0.25) is 5.91 Å². The van der Waals surface area contributed by atoms with Gasteiger partial charge < -0.3 is 0 Å². The smallest absolute Gasteiger partial charge is 0.262 e. The fourth-order valence-electron chi connectivity index (χ4n) is 1.68. The average Bonchev–Trinajstić information content (AvgIpc) is 2.95. The summed E-state index contributed by atoms with van der Waals surface area (Å²) in [6.45, 7) is 1.82. The SMILES string of the molecule is C[C@]1(C(=O)NNC(=O)/C=C/c2ccccc2)CC1(Br)Br. The van der Waals surface area contributed by atoms with Crippen LogP contribution >= 0.6 is 31.9 Å². The number of alkyl halides is 2. The van der Waals surface area contributed by atoms with E-state index in [0.717, 1.165) is 5.56 Å². The number of carbonyl (C=O) groups excluding carboxylic acids is 2. The van der Waals surface area contributed by atoms with Gasteiger partial charge in [-0.1, -0.05) is 62.2 Å². The highest BCUT2D eigenvalue weighted by Gasteiger charge is 2.66. The minimum absolute atomic E-state index is 0.229. The molecule has 1 aliphatic rings. The maximum atomic E-state index is 11.9. The summed E-state index contributed by atoms with van der Waals surface area (Å²) in [5, 5.41) is 0. The molecule has 6 heteroatoms. The highest BCUT2D eigenvalue weighted by Crippen LogP contribution is 2.66. The van der Waals surface area contributed by atoms with Crippen LogP contribution in [0.1, 0.15) is 18.9 Å². The molecular formula is C14H14Br2N2O2. The fourth-order valence-corrected chi connectivity index (χ4v) is 3.16. The van der Waals surface area contributed by atoms with Crippen molar-refractivity contribution >= 4 is 49.8 Å². The van der Waals surface area contributed by atoms with Crippen molar-refractivity contribution in [1.82, 2.24) is 10.9 Å². The zero-order valence-electron chi connectivity index (χ0n) is 10.8. The number of hydrazine groups is 1. The Kier molecular flexibility index (Phi) is 4.34. The highest BCUT2D eigenvalue weighted by molar-refractivity contribution is 9.25. The van der Waals surface area contributed by atoms with Gasteiger partial charge in [0.25, 0.3) is 5.91 Å². The average molecular weight is 402 g/mol. The van der Waals surface area contributed by atoms with Crippen LogP contribution in [0.3, 0.4) is 0 Å². The van der Waals surface area contributed by atoms with Crippen molar-refractivity contribution in [3.05, 3.63) is 42.0 Å². The van der Waals surface area contributed by atoms with Gasteiger partial charge in [0.1, 0.15) is 0 Å². The third kappa shape index (κ3) is 3.30. The second-order valence-electron chi connectivity index (χ2n) is 4.90. The van der Waals surface area contributed by atoms with Crippen LogP contribution in [0.15, 0.2) is 36.4 Å². The van der Waals surface area contributed by atoms with E-state index in [-0.39, 0.29) is 15.0 Å². The number of rotatable bonds is 3. The molecule has 0 unspecified atom stereocenters. The predicted octanol–water partition coefficient (Wildman–Crippen LogP) is 2.74. The normalized spacial score (nSPS) is 23.4. The minimum Gasteiger partial charge on any atom is -0.273 e. The van der Waals surface area contributed by atoms with E-state index in [1.807, 2.05) is 37.3 Å². The first-order valence-corrected chi connectivity index (χ1v) is 7.65. The summed E-state index contributed by atoms with van der Waals surface area (Å²) >= 11 is 6.81. The van der Waals surface area contributed by atoms with Crippen molar-refractivity contribution in [1.29, 1.82) is 0 Å². The zero-order chi connectivity index (χ0) is 14.8. The molecule has 1 aromatic rings. The van der Waals surface area contributed by atoms with E-state index in [9.17, 15) is 9.59 Å². The summed E-state index contributed by atoms with van der Waals surface area (Å²) in [4.78, 5) is 23.5. The van der Waals surface area contributed by atoms with Gasteiger partial charge in [-0.3, -0.25) is 20.4 Å². The van der Waals surface area contributed by atoms with Crippen LogP contribution < -0.4 is 10.9 Å². The Balaban J connectivity index is 1.82. The van der Waals surface area contributed by atoms with Crippen LogP contribution in [0.4, 0.5) is 0 Å². The van der Waals surface area contributed by atoms with Crippen molar-refractivity contribution in [2.45, 2.75) is 16.6 Å². The maximum Gasteiger partial charge on any atom is 0.262 e. The molecule has 1 aromatic carbocycles. The van der Waals surface area contributed by atoms with E-state index in [2.05, 4.69) is 42.7 Å². The van der Waals surface area contributed by atoms with Gasteiger partial charge in [0, 0.05) is 6.08 Å². The number of hydrogen-bond acceptors (Lipinski definition) is 2. The monoisotopic (exact) mass is 400 g/mol. The van der Waals surface area contributed by atoms with Crippen molar-refractivity contribution in [3.8, 4) is 0 Å². The molecule has 0 radical (unpaired) electrons. The van der Waals surface area contributed by atoms with Crippen molar-refractivity contribution < 1.29 is 9.59 Å². The fraction of sp³-hybridized carbons (Fsp3) is 0.286. The summed E-state index contributed by atoms with van der Waals surface area (Å²) in [7, 11) is 0. The van der Waals surface area contributed by atoms with Gasteiger partial charge in [-0.2, -0.15) is 0 Å². The van der Waals surface area contributed by atoms with E-state index >= 15 is 0 Å². The van der Waals surface area contributed by atoms with Crippen LogP contribution in [-0.2, 0) is 9.59 Å². The van der Waals surface area contributed by atoms with Crippen LogP contribution in [0.25, 0.3) is 6.08 Å². The molecule has 4 nitrogen and oxygen atoms in total. The first-order chi connectivity index (χ1) is 9.35. The number of benzene rings is 1. The molecule has 0 aromatic heterocycles. The second kappa shape index (κ2) is 5.69. The summed E-state index contributed by atoms with van der Waals surface area (Å²) in [5.41, 5.74) is 5.16. The molecule has 1 fully saturated rings. The van der Waals surface area contributed by atoms with Crippen LogP contribution in [0.2, 0.25) is 0 Å². The Morgan fingerprint density at radius 2 is 1.80 bits per heavy atom. The lowest BCUT2D eigenvalue weighted by Gasteiger charge is -2.12. The van der Waals surface area contributed by atoms with Gasteiger partial charge in [-0.15, -0.1) is 0 Å². The quantitative estimate of drug-likeness (QED) is 0.464. The van der Waals surface area contributed by atoms with Crippen molar-refractivity contribution in [2.75, 3.05) is 0 Å². The molecule has 0 aliphatic heterocycles. The summed E-state index contributed by atoms with van der Waals surface area (Å²) < 4.78 is -0.373. The molecule has 1 saturated carbocycles. The van der Waals surface area contributed by atoms with Crippen molar-refractivity contribution in [2.24, 2.45) is 5.41 Å². The molecule has 2 amide bonds. The van der Waals surface area contributed by atoms with E-state index in [1.165, 1.54) is 6.08 Å². The number of carbonyl (C=O) groups is 2. The molecule has 1 aliphatic carbocycles. The Hall–Kier alpha value is -1.14. The van der Waals surface area contributed by atoms with E-state index in [1.54, 1.807) is 6.08 Å². The molecule has 106 valence electrons. The molecule has 2 rings (SSSR count). The summed E-state index contributed by atoms with van der Waals surface area (Å²) in [6.07, 6.45) is 3.72. The molecule has 1 atom stereocenters. The largest absolute Gasteiger partial charge is 0.273 e. The lowest BCUT2D eigenvalue weighted by Crippen LogP contribution is -2.45. The molecule has 2 N–H and O–H groups in total. The number of nitrogens with one attached hydrogen (secondary N) is 2. The number of halogens is 2. The molecule has 0 saturated heterocycles. The Morgan fingerprint density at radius 3 is 2.35 bits per heavy atom. The second-order valence-corrected chi connectivity index (χ2v) is 8.67. The van der Waals surface area contributed by atoms with Crippen LogP contribution in [0.5, 0.6) is 0 Å². The van der Waals surface area contributed by atoms with E-state index < -0.39 is 5.41 Å². The van der Waals surface area contributed by atoms with Crippen LogP contribution in [-0.4, -0.2) is 15.0 Å². The molecule has 0 spiro atoms. The maximum absolute atomic E-state index is 11.9. The molecule has 0 bridgehead atoms. The van der Waals surface area contributed by atoms with E-state index in [4.69, 9.17) is 0 Å². The molecular weight excluding hydrogens is 388 g/mol. The third-order valence-corrected chi connectivity index (χ3v) is 5.60. The topological polar surface area (TPSA) is 58.2 Å². The Bertz CT molecular complexity index is 558. The van der Waals surface area contributed by atoms with E-state index in [0.29, 0.717) is 6.42 Å². The number of hydrogen-bond donors (Lipinski definition) is 2. The summed E-state index contributed by atoms with van der Waals surface area (Å²) in [6, 6.07) is 9.45. The Morgan fingerprint density at radius 1 is 1.20 bits per heavy atom. The lowest BCUT2D eigenvalue weighted by atomic mass is 10.1.